The second-order valence-corrected chi connectivity index (χ2v) is 8.81. The maximum absolute atomic E-state index is 12.7. The van der Waals surface area contributed by atoms with Crippen molar-refractivity contribution in [1.29, 1.82) is 0 Å². The number of methoxy groups -OCH3 is 1. The Bertz CT molecular complexity index is 935. The van der Waals surface area contributed by atoms with E-state index in [0.717, 1.165) is 5.56 Å². The van der Waals surface area contributed by atoms with E-state index >= 15 is 0 Å². The van der Waals surface area contributed by atoms with Gasteiger partial charge in [0.15, 0.2) is 21.3 Å². The Morgan fingerprint density at radius 1 is 1.07 bits per heavy atom. The molecule has 158 valence electrons. The van der Waals surface area contributed by atoms with Crippen molar-refractivity contribution >= 4 is 15.7 Å². The number of rotatable bonds is 9. The summed E-state index contributed by atoms with van der Waals surface area (Å²) >= 11 is 0. The smallest absolute Gasteiger partial charge is 0.387 e. The summed E-state index contributed by atoms with van der Waals surface area (Å²) in [5, 5.41) is -1.26. The molecule has 6 nitrogen and oxygen atoms in total. The quantitative estimate of drug-likeness (QED) is 0.614. The van der Waals surface area contributed by atoms with Crippen LogP contribution >= 0.6 is 0 Å². The molecule has 0 aliphatic rings. The first-order chi connectivity index (χ1) is 13.6. The highest BCUT2D eigenvalue weighted by Gasteiger charge is 2.30. The number of alkyl halides is 2. The lowest BCUT2D eigenvalue weighted by Gasteiger charge is -2.22. The highest BCUT2D eigenvalue weighted by molar-refractivity contribution is 7.92. The van der Waals surface area contributed by atoms with E-state index in [4.69, 9.17) is 4.74 Å². The van der Waals surface area contributed by atoms with E-state index < -0.39 is 33.4 Å². The summed E-state index contributed by atoms with van der Waals surface area (Å²) < 4.78 is 59.6. The van der Waals surface area contributed by atoms with Gasteiger partial charge in [0.25, 0.3) is 0 Å². The van der Waals surface area contributed by atoms with Gasteiger partial charge in [0.1, 0.15) is 5.25 Å². The molecule has 0 bridgehead atoms. The fraction of sp³-hybridized carbons (Fsp3) is 0.350. The van der Waals surface area contributed by atoms with Crippen LogP contribution in [0.15, 0.2) is 48.5 Å². The molecule has 0 heterocycles. The van der Waals surface area contributed by atoms with E-state index in [0.29, 0.717) is 5.56 Å². The molecule has 0 radical (unpaired) electrons. The summed E-state index contributed by atoms with van der Waals surface area (Å²) in [5.41, 5.74) is 1.18. The molecule has 1 unspecified atom stereocenters. The molecule has 0 saturated carbocycles. The molecule has 0 aliphatic carbocycles. The van der Waals surface area contributed by atoms with Crippen molar-refractivity contribution in [3.8, 4) is 11.5 Å². The highest BCUT2D eigenvalue weighted by Crippen LogP contribution is 2.30. The minimum Gasteiger partial charge on any atom is -0.493 e. The van der Waals surface area contributed by atoms with E-state index in [-0.39, 0.29) is 18.0 Å². The molecule has 2 rings (SSSR count). The average molecular weight is 427 g/mol. The Hall–Kier alpha value is -2.68. The summed E-state index contributed by atoms with van der Waals surface area (Å²) in [6.07, 6.45) is 0. The summed E-state index contributed by atoms with van der Waals surface area (Å²) in [5.74, 6) is -1.18. The first-order valence-electron chi connectivity index (χ1n) is 8.76. The van der Waals surface area contributed by atoms with Crippen LogP contribution < -0.4 is 9.47 Å². The molecule has 0 aromatic heterocycles. The molecule has 0 N–H and O–H groups in total. The third-order valence-electron chi connectivity index (χ3n) is 4.34. The molecule has 2 aromatic carbocycles. The second-order valence-electron chi connectivity index (χ2n) is 6.49. The van der Waals surface area contributed by atoms with Gasteiger partial charge in [0, 0.05) is 13.6 Å². The molecule has 0 fully saturated rings. The number of nitrogens with zero attached hydrogens (tertiary/aromatic N) is 1. The van der Waals surface area contributed by atoms with Gasteiger partial charge in [-0.25, -0.2) is 8.42 Å². The maximum atomic E-state index is 12.7. The van der Waals surface area contributed by atoms with Gasteiger partial charge in [-0.05, 0) is 30.2 Å². The van der Waals surface area contributed by atoms with Crippen molar-refractivity contribution in [2.75, 3.05) is 14.2 Å². The van der Waals surface area contributed by atoms with Gasteiger partial charge in [0.05, 0.1) is 12.9 Å². The summed E-state index contributed by atoms with van der Waals surface area (Å²) in [7, 11) is -1.04. The second kappa shape index (κ2) is 9.69. The van der Waals surface area contributed by atoms with Crippen LogP contribution in [0.4, 0.5) is 8.78 Å². The lowest BCUT2D eigenvalue weighted by Crippen LogP contribution is -2.39. The van der Waals surface area contributed by atoms with E-state index in [9.17, 15) is 22.0 Å². The number of carbonyl (C=O) groups is 1. The first kappa shape index (κ1) is 22.6. The van der Waals surface area contributed by atoms with Crippen molar-refractivity contribution in [3.63, 3.8) is 0 Å². The van der Waals surface area contributed by atoms with Crippen molar-refractivity contribution < 1.29 is 31.5 Å². The third-order valence-corrected chi connectivity index (χ3v) is 6.35. The van der Waals surface area contributed by atoms with Crippen molar-refractivity contribution in [1.82, 2.24) is 4.90 Å². The van der Waals surface area contributed by atoms with Gasteiger partial charge in [-0.2, -0.15) is 8.78 Å². The highest BCUT2D eigenvalue weighted by atomic mass is 32.2. The topological polar surface area (TPSA) is 72.9 Å². The summed E-state index contributed by atoms with van der Waals surface area (Å²) in [4.78, 5) is 14.0. The van der Waals surface area contributed by atoms with E-state index in [1.165, 1.54) is 37.1 Å². The molecule has 0 aliphatic heterocycles. The third kappa shape index (κ3) is 6.15. The number of halogens is 2. The van der Waals surface area contributed by atoms with E-state index in [1.54, 1.807) is 7.05 Å². The van der Waals surface area contributed by atoms with Gasteiger partial charge in [-0.1, -0.05) is 36.4 Å². The lowest BCUT2D eigenvalue weighted by atomic mass is 10.2. The SMILES string of the molecule is COc1cc(CS(=O)(=O)C(C)C(=O)N(C)Cc2ccccc2)ccc1OC(F)F. The number of ether oxygens (including phenoxy) is 2. The van der Waals surface area contributed by atoms with Crippen LogP contribution in [0, 0.1) is 0 Å². The van der Waals surface area contributed by atoms with Crippen LogP contribution in [0.1, 0.15) is 18.1 Å². The van der Waals surface area contributed by atoms with Crippen LogP contribution in [0.25, 0.3) is 0 Å². The fourth-order valence-electron chi connectivity index (χ4n) is 2.75. The normalized spacial score (nSPS) is 12.5. The lowest BCUT2D eigenvalue weighted by molar-refractivity contribution is -0.129. The molecule has 0 saturated heterocycles. The molecule has 29 heavy (non-hydrogen) atoms. The summed E-state index contributed by atoms with van der Waals surface area (Å²) in [6.45, 7) is -1.41. The van der Waals surface area contributed by atoms with Gasteiger partial charge in [-0.15, -0.1) is 0 Å². The number of carbonyl (C=O) groups excluding carboxylic acids is 1. The number of sulfone groups is 1. The fourth-order valence-corrected chi connectivity index (χ4v) is 4.13. The Labute approximate surface area is 169 Å². The number of hydrogen-bond donors (Lipinski definition) is 0. The number of benzene rings is 2. The summed E-state index contributed by atoms with van der Waals surface area (Å²) in [6, 6.07) is 13.1. The van der Waals surface area contributed by atoms with E-state index in [2.05, 4.69) is 4.74 Å². The van der Waals surface area contributed by atoms with Crippen molar-refractivity contribution in [3.05, 3.63) is 59.7 Å². The van der Waals surface area contributed by atoms with Gasteiger partial charge < -0.3 is 14.4 Å². The average Bonchev–Trinajstić information content (AvgIpc) is 2.68. The molecule has 2 aromatic rings. The van der Waals surface area contributed by atoms with E-state index in [1.807, 2.05) is 30.3 Å². The molecule has 9 heteroatoms. The Kier molecular flexibility index (Phi) is 7.55. The predicted octanol–water partition coefficient (Wildman–Crippen LogP) is 3.26. The Balaban J connectivity index is 2.12. The number of hydrogen-bond acceptors (Lipinski definition) is 5. The Morgan fingerprint density at radius 3 is 2.31 bits per heavy atom. The van der Waals surface area contributed by atoms with Gasteiger partial charge in [0.2, 0.25) is 5.91 Å². The Morgan fingerprint density at radius 2 is 1.72 bits per heavy atom. The maximum Gasteiger partial charge on any atom is 0.387 e. The van der Waals surface area contributed by atoms with Crippen molar-refractivity contribution in [2.45, 2.75) is 31.1 Å². The monoisotopic (exact) mass is 427 g/mol. The zero-order chi connectivity index (χ0) is 21.6. The van der Waals surface area contributed by atoms with Crippen molar-refractivity contribution in [2.24, 2.45) is 0 Å². The zero-order valence-electron chi connectivity index (χ0n) is 16.3. The molecule has 0 spiro atoms. The zero-order valence-corrected chi connectivity index (χ0v) is 17.2. The van der Waals surface area contributed by atoms with Gasteiger partial charge >= 0.3 is 6.61 Å². The van der Waals surface area contributed by atoms with Crippen LogP contribution in [0.5, 0.6) is 11.5 Å². The molecular formula is C20H23F2NO5S. The van der Waals surface area contributed by atoms with Gasteiger partial charge in [-0.3, -0.25) is 4.79 Å². The molecular weight excluding hydrogens is 404 g/mol. The molecule has 1 atom stereocenters. The van der Waals surface area contributed by atoms with Crippen LogP contribution in [0.2, 0.25) is 0 Å². The first-order valence-corrected chi connectivity index (χ1v) is 10.5. The van der Waals surface area contributed by atoms with Crippen LogP contribution in [-0.2, 0) is 26.9 Å². The van der Waals surface area contributed by atoms with Crippen LogP contribution in [0.3, 0.4) is 0 Å². The van der Waals surface area contributed by atoms with Crippen LogP contribution in [-0.4, -0.2) is 45.2 Å². The minimum absolute atomic E-state index is 0.0156. The largest absolute Gasteiger partial charge is 0.493 e. The minimum atomic E-state index is -3.85. The number of amides is 1. The molecule has 1 amide bonds. The predicted molar refractivity (Wildman–Crippen MR) is 105 cm³/mol. The standard InChI is InChI=1S/C20H23F2NO5S/c1-14(19(24)23(2)12-15-7-5-4-6-8-15)29(25,26)13-16-9-10-17(28-20(21)22)18(11-16)27-3/h4-11,14,20H,12-13H2,1-3H3.